The highest BCUT2D eigenvalue weighted by Gasteiger charge is 2.23. The summed E-state index contributed by atoms with van der Waals surface area (Å²) in [5.74, 6) is -0.158. The summed E-state index contributed by atoms with van der Waals surface area (Å²) >= 11 is 11.6. The molecule has 6 heteroatoms. The van der Waals surface area contributed by atoms with Gasteiger partial charge in [0.1, 0.15) is 10.3 Å². The first kappa shape index (κ1) is 14.6. The van der Waals surface area contributed by atoms with E-state index in [1.54, 1.807) is 0 Å². The number of carbonyl (C=O) groups is 1. The average Bonchev–Trinajstić information content (AvgIpc) is 2.82. The molecule has 1 saturated heterocycles. The van der Waals surface area contributed by atoms with Crippen LogP contribution in [-0.4, -0.2) is 41.5 Å². The van der Waals surface area contributed by atoms with Gasteiger partial charge >= 0.3 is 0 Å². The van der Waals surface area contributed by atoms with Gasteiger partial charge < -0.3 is 5.32 Å². The maximum Gasteiger partial charge on any atom is 0.251 e. The molecule has 1 unspecified atom stereocenters. The highest BCUT2D eigenvalue weighted by Crippen LogP contribution is 2.17. The molecule has 0 bridgehead atoms. The lowest BCUT2D eigenvalue weighted by Gasteiger charge is -2.22. The quantitative estimate of drug-likeness (QED) is 0.870. The van der Waals surface area contributed by atoms with Gasteiger partial charge in [-0.3, -0.25) is 9.69 Å². The lowest BCUT2D eigenvalue weighted by atomic mass is 10.2. The highest BCUT2D eigenvalue weighted by molar-refractivity contribution is 6.33. The van der Waals surface area contributed by atoms with Crippen LogP contribution in [0.5, 0.6) is 0 Å². The van der Waals surface area contributed by atoms with Crippen molar-refractivity contribution in [3.63, 3.8) is 0 Å². The summed E-state index contributed by atoms with van der Waals surface area (Å²) in [4.78, 5) is 18.2. The van der Waals surface area contributed by atoms with E-state index in [2.05, 4.69) is 22.1 Å². The van der Waals surface area contributed by atoms with Crippen molar-refractivity contribution in [1.29, 1.82) is 0 Å². The molecule has 0 spiro atoms. The third-order valence-corrected chi connectivity index (χ3v) is 3.82. The monoisotopic (exact) mass is 301 g/mol. The van der Waals surface area contributed by atoms with Gasteiger partial charge in [-0.05, 0) is 38.1 Å². The maximum atomic E-state index is 12.0. The van der Waals surface area contributed by atoms with Crippen molar-refractivity contribution >= 4 is 29.1 Å². The Bertz CT molecular complexity index is 447. The fraction of sp³-hybridized carbons (Fsp3) is 0.538. The standard InChI is InChI=1S/C13H17Cl2N3O/c1-2-18-5-3-4-10(18)8-16-13(19)9-6-11(14)17-12(15)7-9/h6-7,10H,2-5,8H2,1H3,(H,16,19). The Morgan fingerprint density at radius 3 is 2.79 bits per heavy atom. The van der Waals surface area contributed by atoms with Gasteiger partial charge in [0.25, 0.3) is 5.91 Å². The summed E-state index contributed by atoms with van der Waals surface area (Å²) in [6.45, 7) is 4.93. The average molecular weight is 302 g/mol. The zero-order valence-electron chi connectivity index (χ0n) is 10.8. The molecule has 1 N–H and O–H groups in total. The number of hydrogen-bond acceptors (Lipinski definition) is 3. The molecule has 0 aliphatic carbocycles. The predicted molar refractivity (Wildman–Crippen MR) is 76.9 cm³/mol. The van der Waals surface area contributed by atoms with E-state index in [9.17, 15) is 4.79 Å². The smallest absolute Gasteiger partial charge is 0.251 e. The van der Waals surface area contributed by atoms with Gasteiger partial charge in [0.05, 0.1) is 0 Å². The Labute approximate surface area is 123 Å². The molecule has 4 nitrogen and oxygen atoms in total. The van der Waals surface area contributed by atoms with E-state index < -0.39 is 0 Å². The van der Waals surface area contributed by atoms with Gasteiger partial charge in [-0.1, -0.05) is 30.1 Å². The second kappa shape index (κ2) is 6.55. The minimum atomic E-state index is -0.158. The number of hydrogen-bond donors (Lipinski definition) is 1. The number of amides is 1. The number of nitrogens with zero attached hydrogens (tertiary/aromatic N) is 2. The molecule has 0 aromatic carbocycles. The van der Waals surface area contributed by atoms with Crippen LogP contribution in [0.2, 0.25) is 10.3 Å². The lowest BCUT2D eigenvalue weighted by molar-refractivity contribution is 0.0941. The Hall–Kier alpha value is -0.840. The number of carbonyl (C=O) groups excluding carboxylic acids is 1. The van der Waals surface area contributed by atoms with Crippen molar-refractivity contribution in [2.75, 3.05) is 19.6 Å². The fourth-order valence-electron chi connectivity index (χ4n) is 2.45. The Balaban J connectivity index is 1.94. The van der Waals surface area contributed by atoms with Crippen molar-refractivity contribution in [2.45, 2.75) is 25.8 Å². The largest absolute Gasteiger partial charge is 0.350 e. The number of nitrogens with one attached hydrogen (secondary N) is 1. The molecule has 1 amide bonds. The van der Waals surface area contributed by atoms with Crippen LogP contribution in [0.25, 0.3) is 0 Å². The molecule has 0 radical (unpaired) electrons. The predicted octanol–water partition coefficient (Wildman–Crippen LogP) is 2.60. The van der Waals surface area contributed by atoms with Crippen LogP contribution in [0.4, 0.5) is 0 Å². The van der Waals surface area contributed by atoms with Gasteiger partial charge in [-0.25, -0.2) is 4.98 Å². The van der Waals surface area contributed by atoms with Gasteiger partial charge in [0.2, 0.25) is 0 Å². The van der Waals surface area contributed by atoms with Crippen LogP contribution in [0.3, 0.4) is 0 Å². The Morgan fingerprint density at radius 2 is 2.16 bits per heavy atom. The van der Waals surface area contributed by atoms with Crippen molar-refractivity contribution in [1.82, 2.24) is 15.2 Å². The Kier molecular flexibility index (Phi) is 5.02. The van der Waals surface area contributed by atoms with Crippen LogP contribution in [0.15, 0.2) is 12.1 Å². The molecular formula is C13H17Cl2N3O. The minimum Gasteiger partial charge on any atom is -0.350 e. The SMILES string of the molecule is CCN1CCCC1CNC(=O)c1cc(Cl)nc(Cl)c1. The van der Waals surface area contributed by atoms with Crippen LogP contribution in [-0.2, 0) is 0 Å². The van der Waals surface area contributed by atoms with E-state index in [1.807, 2.05) is 0 Å². The summed E-state index contributed by atoms with van der Waals surface area (Å²) < 4.78 is 0. The molecule has 1 fully saturated rings. The lowest BCUT2D eigenvalue weighted by Crippen LogP contribution is -2.40. The van der Waals surface area contributed by atoms with E-state index in [4.69, 9.17) is 23.2 Å². The van der Waals surface area contributed by atoms with Gasteiger partial charge in [0, 0.05) is 18.2 Å². The van der Waals surface area contributed by atoms with E-state index in [0.717, 1.165) is 19.5 Å². The summed E-state index contributed by atoms with van der Waals surface area (Å²) in [7, 11) is 0. The molecule has 1 aliphatic heterocycles. The molecular weight excluding hydrogens is 285 g/mol. The molecule has 0 saturated carbocycles. The van der Waals surface area contributed by atoms with E-state index in [0.29, 0.717) is 18.2 Å². The molecule has 2 rings (SSSR count). The second-order valence-electron chi connectivity index (χ2n) is 4.64. The number of likely N-dealkylation sites (tertiary alicyclic amines) is 1. The fourth-order valence-corrected chi connectivity index (χ4v) is 2.91. The third-order valence-electron chi connectivity index (χ3n) is 3.43. The van der Waals surface area contributed by atoms with E-state index >= 15 is 0 Å². The summed E-state index contributed by atoms with van der Waals surface area (Å²) in [5, 5.41) is 3.39. The number of pyridine rings is 1. The molecule has 2 heterocycles. The molecule has 1 atom stereocenters. The number of rotatable bonds is 4. The minimum absolute atomic E-state index is 0.158. The molecule has 1 aromatic heterocycles. The maximum absolute atomic E-state index is 12.0. The van der Waals surface area contributed by atoms with Gasteiger partial charge in [0.15, 0.2) is 0 Å². The first-order valence-electron chi connectivity index (χ1n) is 6.45. The number of likely N-dealkylation sites (N-methyl/N-ethyl adjacent to an activating group) is 1. The zero-order chi connectivity index (χ0) is 13.8. The van der Waals surface area contributed by atoms with Crippen molar-refractivity contribution < 1.29 is 4.79 Å². The summed E-state index contributed by atoms with van der Waals surface area (Å²) in [6.07, 6.45) is 2.33. The van der Waals surface area contributed by atoms with Crippen LogP contribution < -0.4 is 5.32 Å². The van der Waals surface area contributed by atoms with Crippen molar-refractivity contribution in [3.8, 4) is 0 Å². The van der Waals surface area contributed by atoms with Gasteiger partial charge in [-0.15, -0.1) is 0 Å². The van der Waals surface area contributed by atoms with Crippen LogP contribution >= 0.6 is 23.2 Å². The van der Waals surface area contributed by atoms with Crippen molar-refractivity contribution in [3.05, 3.63) is 28.0 Å². The topological polar surface area (TPSA) is 45.2 Å². The number of halogens is 2. The van der Waals surface area contributed by atoms with Crippen LogP contribution in [0.1, 0.15) is 30.1 Å². The molecule has 1 aromatic rings. The first-order valence-corrected chi connectivity index (χ1v) is 7.21. The first-order chi connectivity index (χ1) is 9.10. The Morgan fingerprint density at radius 1 is 1.47 bits per heavy atom. The highest BCUT2D eigenvalue weighted by atomic mass is 35.5. The molecule has 104 valence electrons. The summed E-state index contributed by atoms with van der Waals surface area (Å²) in [5.41, 5.74) is 0.450. The van der Waals surface area contributed by atoms with E-state index in [1.165, 1.54) is 18.6 Å². The number of aromatic nitrogens is 1. The summed E-state index contributed by atoms with van der Waals surface area (Å²) in [6, 6.07) is 3.48. The normalized spacial score (nSPS) is 19.6. The third kappa shape index (κ3) is 3.81. The molecule has 19 heavy (non-hydrogen) atoms. The second-order valence-corrected chi connectivity index (χ2v) is 5.41. The van der Waals surface area contributed by atoms with E-state index in [-0.39, 0.29) is 16.2 Å². The van der Waals surface area contributed by atoms with Crippen molar-refractivity contribution in [2.24, 2.45) is 0 Å². The van der Waals surface area contributed by atoms with Gasteiger partial charge in [-0.2, -0.15) is 0 Å². The molecule has 1 aliphatic rings. The van der Waals surface area contributed by atoms with Crippen LogP contribution in [0, 0.1) is 0 Å². The zero-order valence-corrected chi connectivity index (χ0v) is 12.3.